The second-order valence-electron chi connectivity index (χ2n) is 3.69. The minimum absolute atomic E-state index is 0.570. The Balaban J connectivity index is 2.22. The predicted molar refractivity (Wildman–Crippen MR) is 66.4 cm³/mol. The standard InChI is InChI=1S/C13H15N3/c1-11-9-15-16(10-11)13-6-4-12(5-7-13)3-2-8-14/h2-7,9-10H,8,14H2,1H3/b3-2+. The molecular formula is C13H15N3. The van der Waals surface area contributed by atoms with Gasteiger partial charge in [0, 0.05) is 12.7 Å². The van der Waals surface area contributed by atoms with E-state index in [4.69, 9.17) is 5.73 Å². The fourth-order valence-corrected chi connectivity index (χ4v) is 1.50. The summed E-state index contributed by atoms with van der Waals surface area (Å²) in [5.74, 6) is 0. The van der Waals surface area contributed by atoms with Crippen molar-refractivity contribution in [2.45, 2.75) is 6.92 Å². The molecule has 2 rings (SSSR count). The van der Waals surface area contributed by atoms with Crippen molar-refractivity contribution in [2.75, 3.05) is 6.54 Å². The van der Waals surface area contributed by atoms with Crippen LogP contribution in [0.1, 0.15) is 11.1 Å². The number of benzene rings is 1. The van der Waals surface area contributed by atoms with E-state index >= 15 is 0 Å². The Labute approximate surface area is 95.2 Å². The third kappa shape index (κ3) is 2.38. The van der Waals surface area contributed by atoms with Gasteiger partial charge in [-0.25, -0.2) is 4.68 Å². The molecule has 1 aromatic carbocycles. The van der Waals surface area contributed by atoms with Crippen molar-refractivity contribution < 1.29 is 0 Å². The maximum Gasteiger partial charge on any atom is 0.0646 e. The number of hydrogen-bond donors (Lipinski definition) is 1. The van der Waals surface area contributed by atoms with Crippen LogP contribution in [0.3, 0.4) is 0 Å². The number of aryl methyl sites for hydroxylation is 1. The Morgan fingerprint density at radius 2 is 2.06 bits per heavy atom. The molecule has 2 N–H and O–H groups in total. The second-order valence-corrected chi connectivity index (χ2v) is 3.69. The summed E-state index contributed by atoms with van der Waals surface area (Å²) in [6, 6.07) is 8.20. The van der Waals surface area contributed by atoms with Crippen molar-refractivity contribution in [3.8, 4) is 5.69 Å². The van der Waals surface area contributed by atoms with Crippen molar-refractivity contribution in [1.82, 2.24) is 9.78 Å². The first-order chi connectivity index (χ1) is 7.79. The monoisotopic (exact) mass is 213 g/mol. The topological polar surface area (TPSA) is 43.8 Å². The summed E-state index contributed by atoms with van der Waals surface area (Å²) in [5, 5.41) is 4.26. The molecule has 0 spiro atoms. The van der Waals surface area contributed by atoms with Crippen LogP contribution in [-0.2, 0) is 0 Å². The molecule has 0 aliphatic carbocycles. The summed E-state index contributed by atoms with van der Waals surface area (Å²) in [6.07, 6.45) is 7.80. The lowest BCUT2D eigenvalue weighted by Crippen LogP contribution is -1.94. The van der Waals surface area contributed by atoms with Gasteiger partial charge in [0.15, 0.2) is 0 Å². The van der Waals surface area contributed by atoms with Gasteiger partial charge in [-0.1, -0.05) is 24.3 Å². The van der Waals surface area contributed by atoms with Crippen LogP contribution in [0, 0.1) is 6.92 Å². The summed E-state index contributed by atoms with van der Waals surface area (Å²) >= 11 is 0. The summed E-state index contributed by atoms with van der Waals surface area (Å²) < 4.78 is 1.87. The summed E-state index contributed by atoms with van der Waals surface area (Å²) in [6.45, 7) is 2.60. The predicted octanol–water partition coefficient (Wildman–Crippen LogP) is 2.15. The average molecular weight is 213 g/mol. The quantitative estimate of drug-likeness (QED) is 0.849. The third-order valence-corrected chi connectivity index (χ3v) is 2.32. The van der Waals surface area contributed by atoms with E-state index in [9.17, 15) is 0 Å². The van der Waals surface area contributed by atoms with Crippen molar-refractivity contribution >= 4 is 6.08 Å². The molecule has 1 aromatic heterocycles. The minimum Gasteiger partial charge on any atom is -0.327 e. The molecule has 16 heavy (non-hydrogen) atoms. The van der Waals surface area contributed by atoms with Crippen LogP contribution in [0.2, 0.25) is 0 Å². The van der Waals surface area contributed by atoms with Gasteiger partial charge in [-0.3, -0.25) is 0 Å². The smallest absolute Gasteiger partial charge is 0.0646 e. The third-order valence-electron chi connectivity index (χ3n) is 2.32. The molecule has 0 atom stereocenters. The van der Waals surface area contributed by atoms with E-state index in [0.29, 0.717) is 6.54 Å². The summed E-state index contributed by atoms with van der Waals surface area (Å²) in [7, 11) is 0. The lowest BCUT2D eigenvalue weighted by Gasteiger charge is -2.01. The molecule has 0 unspecified atom stereocenters. The van der Waals surface area contributed by atoms with Crippen molar-refractivity contribution in [3.05, 3.63) is 53.9 Å². The fourth-order valence-electron chi connectivity index (χ4n) is 1.50. The number of aromatic nitrogens is 2. The summed E-state index contributed by atoms with van der Waals surface area (Å²) in [4.78, 5) is 0. The zero-order chi connectivity index (χ0) is 11.4. The zero-order valence-corrected chi connectivity index (χ0v) is 9.30. The lowest BCUT2D eigenvalue weighted by molar-refractivity contribution is 0.880. The van der Waals surface area contributed by atoms with E-state index in [1.54, 1.807) is 0 Å². The Kier molecular flexibility index (Phi) is 3.17. The molecule has 0 fully saturated rings. The first kappa shape index (κ1) is 10.6. The van der Waals surface area contributed by atoms with Crippen LogP contribution in [0.4, 0.5) is 0 Å². The normalized spacial score (nSPS) is 11.1. The van der Waals surface area contributed by atoms with Gasteiger partial charge in [0.25, 0.3) is 0 Å². The average Bonchev–Trinajstić information content (AvgIpc) is 2.74. The van der Waals surface area contributed by atoms with Crippen LogP contribution < -0.4 is 5.73 Å². The zero-order valence-electron chi connectivity index (χ0n) is 9.30. The molecule has 0 radical (unpaired) electrons. The van der Waals surface area contributed by atoms with Crippen LogP contribution in [-0.4, -0.2) is 16.3 Å². The molecule has 3 nitrogen and oxygen atoms in total. The van der Waals surface area contributed by atoms with E-state index in [0.717, 1.165) is 16.8 Å². The fraction of sp³-hybridized carbons (Fsp3) is 0.154. The number of nitrogens with zero attached hydrogens (tertiary/aromatic N) is 2. The van der Waals surface area contributed by atoms with Gasteiger partial charge < -0.3 is 5.73 Å². The highest BCUT2D eigenvalue weighted by molar-refractivity contribution is 5.51. The SMILES string of the molecule is Cc1cnn(-c2ccc(/C=C/CN)cc2)c1. The van der Waals surface area contributed by atoms with Gasteiger partial charge in [-0.2, -0.15) is 5.10 Å². The first-order valence-electron chi connectivity index (χ1n) is 5.28. The van der Waals surface area contributed by atoms with Gasteiger partial charge >= 0.3 is 0 Å². The van der Waals surface area contributed by atoms with Gasteiger partial charge in [-0.05, 0) is 30.2 Å². The molecule has 0 saturated heterocycles. The number of hydrogen-bond acceptors (Lipinski definition) is 2. The Morgan fingerprint density at radius 1 is 1.31 bits per heavy atom. The van der Waals surface area contributed by atoms with Crippen LogP contribution in [0.5, 0.6) is 0 Å². The molecule has 0 amide bonds. The van der Waals surface area contributed by atoms with E-state index in [1.807, 2.05) is 48.3 Å². The Bertz CT molecular complexity index is 480. The van der Waals surface area contributed by atoms with Gasteiger partial charge in [0.2, 0.25) is 0 Å². The van der Waals surface area contributed by atoms with Crippen LogP contribution in [0.15, 0.2) is 42.7 Å². The van der Waals surface area contributed by atoms with Crippen molar-refractivity contribution in [1.29, 1.82) is 0 Å². The maximum absolute atomic E-state index is 5.40. The molecular weight excluding hydrogens is 198 g/mol. The van der Waals surface area contributed by atoms with Crippen LogP contribution in [0.25, 0.3) is 11.8 Å². The molecule has 2 aromatic rings. The van der Waals surface area contributed by atoms with Gasteiger partial charge in [-0.15, -0.1) is 0 Å². The molecule has 3 heteroatoms. The second kappa shape index (κ2) is 4.77. The van der Waals surface area contributed by atoms with Crippen molar-refractivity contribution in [3.63, 3.8) is 0 Å². The summed E-state index contributed by atoms with van der Waals surface area (Å²) in [5.41, 5.74) is 8.78. The largest absolute Gasteiger partial charge is 0.327 e. The van der Waals surface area contributed by atoms with Crippen molar-refractivity contribution in [2.24, 2.45) is 5.73 Å². The Hall–Kier alpha value is -1.87. The maximum atomic E-state index is 5.40. The van der Waals surface area contributed by atoms with E-state index in [-0.39, 0.29) is 0 Å². The lowest BCUT2D eigenvalue weighted by atomic mass is 10.2. The first-order valence-corrected chi connectivity index (χ1v) is 5.28. The highest BCUT2D eigenvalue weighted by Gasteiger charge is 1.97. The van der Waals surface area contributed by atoms with E-state index in [2.05, 4.69) is 17.2 Å². The number of nitrogens with two attached hydrogens (primary N) is 1. The molecule has 0 bridgehead atoms. The number of rotatable bonds is 3. The Morgan fingerprint density at radius 3 is 2.62 bits per heavy atom. The molecule has 82 valence electrons. The molecule has 1 heterocycles. The highest BCUT2D eigenvalue weighted by Crippen LogP contribution is 2.10. The molecule has 0 aliphatic rings. The van der Waals surface area contributed by atoms with Crippen LogP contribution >= 0.6 is 0 Å². The van der Waals surface area contributed by atoms with Gasteiger partial charge in [0.05, 0.1) is 11.9 Å². The van der Waals surface area contributed by atoms with E-state index in [1.165, 1.54) is 0 Å². The molecule has 0 saturated carbocycles. The molecule has 0 aliphatic heterocycles. The minimum atomic E-state index is 0.570. The van der Waals surface area contributed by atoms with E-state index < -0.39 is 0 Å². The van der Waals surface area contributed by atoms with Gasteiger partial charge in [0.1, 0.15) is 0 Å². The highest BCUT2D eigenvalue weighted by atomic mass is 15.3.